The highest BCUT2D eigenvalue weighted by atomic mass is 16.2. The van der Waals surface area contributed by atoms with E-state index >= 15 is 0 Å². The van der Waals surface area contributed by atoms with Gasteiger partial charge in [-0.15, -0.1) is 0 Å². The fourth-order valence-electron chi connectivity index (χ4n) is 2.92. The van der Waals surface area contributed by atoms with E-state index < -0.39 is 0 Å². The van der Waals surface area contributed by atoms with Crippen molar-refractivity contribution in [3.8, 4) is 0 Å². The maximum absolute atomic E-state index is 12.2. The summed E-state index contributed by atoms with van der Waals surface area (Å²) in [5.74, 6) is 1.08. The van der Waals surface area contributed by atoms with E-state index in [1.54, 1.807) is 0 Å². The molecule has 1 N–H and O–H groups in total. The molecule has 0 aromatic heterocycles. The van der Waals surface area contributed by atoms with Crippen LogP contribution in [0.1, 0.15) is 32.6 Å². The number of hydrogen-bond donors (Lipinski definition) is 1. The van der Waals surface area contributed by atoms with Crippen molar-refractivity contribution in [1.29, 1.82) is 0 Å². The molecule has 0 atom stereocenters. The summed E-state index contributed by atoms with van der Waals surface area (Å²) in [6.45, 7) is 6.88. The number of nitrogens with zero attached hydrogens (tertiary/aromatic N) is 2. The van der Waals surface area contributed by atoms with Crippen molar-refractivity contribution in [2.24, 2.45) is 5.92 Å². The van der Waals surface area contributed by atoms with Crippen LogP contribution < -0.4 is 5.32 Å². The van der Waals surface area contributed by atoms with Crippen LogP contribution >= 0.6 is 0 Å². The predicted molar refractivity (Wildman–Crippen MR) is 73.5 cm³/mol. The van der Waals surface area contributed by atoms with Crippen LogP contribution in [-0.4, -0.2) is 61.5 Å². The van der Waals surface area contributed by atoms with Crippen LogP contribution in [0.3, 0.4) is 0 Å². The Morgan fingerprint density at radius 2 is 1.89 bits per heavy atom. The molecule has 1 saturated heterocycles. The monoisotopic (exact) mass is 253 g/mol. The number of hydrogen-bond acceptors (Lipinski definition) is 3. The van der Waals surface area contributed by atoms with Crippen molar-refractivity contribution in [3.63, 3.8) is 0 Å². The first kappa shape index (κ1) is 13.8. The minimum absolute atomic E-state index is 0.316. The van der Waals surface area contributed by atoms with Gasteiger partial charge in [0.2, 0.25) is 5.91 Å². The fraction of sp³-hybridized carbons (Fsp3) is 0.929. The lowest BCUT2D eigenvalue weighted by molar-refractivity contribution is -0.132. The molecule has 1 aliphatic carbocycles. The molecule has 2 rings (SSSR count). The van der Waals surface area contributed by atoms with Crippen LogP contribution in [0.4, 0.5) is 0 Å². The third kappa shape index (κ3) is 3.95. The molecule has 0 aromatic rings. The number of likely N-dealkylation sites (N-methyl/N-ethyl adjacent to an activating group) is 2. The molecule has 2 aliphatic rings. The molecule has 0 spiro atoms. The van der Waals surface area contributed by atoms with Gasteiger partial charge in [-0.05, 0) is 58.7 Å². The molecule has 0 bridgehead atoms. The van der Waals surface area contributed by atoms with Crippen LogP contribution in [0, 0.1) is 5.92 Å². The number of piperidine rings is 1. The van der Waals surface area contributed by atoms with E-state index in [1.165, 1.54) is 25.7 Å². The summed E-state index contributed by atoms with van der Waals surface area (Å²) >= 11 is 0. The van der Waals surface area contributed by atoms with Crippen molar-refractivity contribution in [2.45, 2.75) is 38.6 Å². The van der Waals surface area contributed by atoms with Gasteiger partial charge in [-0.25, -0.2) is 0 Å². The first-order valence-corrected chi connectivity index (χ1v) is 7.39. The molecule has 0 unspecified atom stereocenters. The lowest BCUT2D eigenvalue weighted by Gasteiger charge is -2.29. The van der Waals surface area contributed by atoms with Gasteiger partial charge < -0.3 is 10.2 Å². The molecular formula is C14H27N3O. The number of rotatable bonds is 6. The largest absolute Gasteiger partial charge is 0.339 e. The number of nitrogens with one attached hydrogen (secondary N) is 1. The highest BCUT2D eigenvalue weighted by Gasteiger charge is 2.31. The first-order valence-electron chi connectivity index (χ1n) is 7.39. The molecule has 0 radical (unpaired) electrons. The second-order valence-electron chi connectivity index (χ2n) is 5.80. The van der Waals surface area contributed by atoms with E-state index in [-0.39, 0.29) is 0 Å². The smallest absolute Gasteiger partial charge is 0.236 e. The average molecular weight is 253 g/mol. The minimum Gasteiger partial charge on any atom is -0.339 e. The minimum atomic E-state index is 0.316. The summed E-state index contributed by atoms with van der Waals surface area (Å²) in [4.78, 5) is 16.4. The maximum Gasteiger partial charge on any atom is 0.236 e. The molecule has 4 heteroatoms. The molecule has 1 saturated carbocycles. The van der Waals surface area contributed by atoms with E-state index in [1.807, 2.05) is 0 Å². The van der Waals surface area contributed by atoms with E-state index in [9.17, 15) is 4.79 Å². The molecule has 2 fully saturated rings. The van der Waals surface area contributed by atoms with Gasteiger partial charge in [-0.2, -0.15) is 0 Å². The van der Waals surface area contributed by atoms with Gasteiger partial charge in [0.1, 0.15) is 0 Å². The second kappa shape index (κ2) is 6.53. The number of amides is 1. The van der Waals surface area contributed by atoms with Crippen LogP contribution in [0.2, 0.25) is 0 Å². The second-order valence-corrected chi connectivity index (χ2v) is 5.80. The summed E-state index contributed by atoms with van der Waals surface area (Å²) in [5.41, 5.74) is 0. The van der Waals surface area contributed by atoms with E-state index in [2.05, 4.69) is 29.1 Å². The van der Waals surface area contributed by atoms with E-state index in [0.29, 0.717) is 18.5 Å². The molecule has 1 aliphatic heterocycles. The molecule has 104 valence electrons. The lowest BCUT2D eigenvalue weighted by Crippen LogP contribution is -2.42. The Bertz CT molecular complexity index is 272. The summed E-state index contributed by atoms with van der Waals surface area (Å²) in [7, 11) is 2.08. The topological polar surface area (TPSA) is 35.6 Å². The van der Waals surface area contributed by atoms with Gasteiger partial charge in [-0.3, -0.25) is 9.69 Å². The SMILES string of the molecule is CCN(C(=O)CN(C)CC1CCNCC1)C1CC1. The van der Waals surface area contributed by atoms with Crippen LogP contribution in [0.25, 0.3) is 0 Å². The summed E-state index contributed by atoms with van der Waals surface area (Å²) in [6, 6.07) is 0.551. The Hall–Kier alpha value is -0.610. The Morgan fingerprint density at radius 3 is 2.44 bits per heavy atom. The van der Waals surface area contributed by atoms with E-state index in [0.717, 1.165) is 32.1 Å². The maximum atomic E-state index is 12.2. The van der Waals surface area contributed by atoms with Crippen LogP contribution in [-0.2, 0) is 4.79 Å². The molecule has 18 heavy (non-hydrogen) atoms. The molecule has 1 heterocycles. The fourth-order valence-corrected chi connectivity index (χ4v) is 2.92. The Labute approximate surface area is 111 Å². The Kier molecular flexibility index (Phi) is 5.01. The molecule has 0 aromatic carbocycles. The summed E-state index contributed by atoms with van der Waals surface area (Å²) in [6.07, 6.45) is 4.91. The summed E-state index contributed by atoms with van der Waals surface area (Å²) < 4.78 is 0. The summed E-state index contributed by atoms with van der Waals surface area (Å²) in [5, 5.41) is 3.39. The average Bonchev–Trinajstić information content (AvgIpc) is 3.15. The molecular weight excluding hydrogens is 226 g/mol. The standard InChI is InChI=1S/C14H27N3O/c1-3-17(13-4-5-13)14(18)11-16(2)10-12-6-8-15-9-7-12/h12-13,15H,3-11H2,1-2H3. The van der Waals surface area contributed by atoms with Crippen molar-refractivity contribution in [1.82, 2.24) is 15.1 Å². The van der Waals surface area contributed by atoms with Crippen molar-refractivity contribution < 1.29 is 4.79 Å². The van der Waals surface area contributed by atoms with Gasteiger partial charge in [0.05, 0.1) is 6.54 Å². The highest BCUT2D eigenvalue weighted by Crippen LogP contribution is 2.26. The van der Waals surface area contributed by atoms with Crippen LogP contribution in [0.5, 0.6) is 0 Å². The zero-order valence-corrected chi connectivity index (χ0v) is 11.8. The number of carbonyl (C=O) groups excluding carboxylic acids is 1. The third-order valence-corrected chi connectivity index (χ3v) is 4.08. The normalized spacial score (nSPS) is 21.3. The van der Waals surface area contributed by atoms with Crippen molar-refractivity contribution in [2.75, 3.05) is 39.8 Å². The van der Waals surface area contributed by atoms with Gasteiger partial charge in [0.25, 0.3) is 0 Å². The zero-order valence-electron chi connectivity index (χ0n) is 11.8. The van der Waals surface area contributed by atoms with E-state index in [4.69, 9.17) is 0 Å². The van der Waals surface area contributed by atoms with Crippen molar-refractivity contribution >= 4 is 5.91 Å². The van der Waals surface area contributed by atoms with Gasteiger partial charge in [-0.1, -0.05) is 0 Å². The first-order chi connectivity index (χ1) is 8.70. The molecule has 1 amide bonds. The van der Waals surface area contributed by atoms with Gasteiger partial charge >= 0.3 is 0 Å². The third-order valence-electron chi connectivity index (χ3n) is 4.08. The van der Waals surface area contributed by atoms with Crippen LogP contribution in [0.15, 0.2) is 0 Å². The lowest BCUT2D eigenvalue weighted by atomic mass is 9.98. The quantitative estimate of drug-likeness (QED) is 0.765. The predicted octanol–water partition coefficient (Wildman–Crippen LogP) is 0.929. The number of carbonyl (C=O) groups is 1. The Morgan fingerprint density at radius 1 is 1.22 bits per heavy atom. The highest BCUT2D eigenvalue weighted by molar-refractivity contribution is 5.78. The Balaban J connectivity index is 1.71. The van der Waals surface area contributed by atoms with Crippen molar-refractivity contribution in [3.05, 3.63) is 0 Å². The van der Waals surface area contributed by atoms with Gasteiger partial charge in [0.15, 0.2) is 0 Å². The van der Waals surface area contributed by atoms with Gasteiger partial charge in [0, 0.05) is 19.1 Å². The molecule has 4 nitrogen and oxygen atoms in total. The zero-order chi connectivity index (χ0) is 13.0.